The first kappa shape index (κ1) is 22.5. The lowest BCUT2D eigenvalue weighted by atomic mass is 10.1. The Morgan fingerprint density at radius 2 is 2.20 bits per heavy atom. The molecule has 142 valence electrons. The molecule has 7 nitrogen and oxygen atoms in total. The summed E-state index contributed by atoms with van der Waals surface area (Å²) in [5, 5.41) is 6.43. The van der Waals surface area contributed by atoms with Crippen molar-refractivity contribution in [3.63, 3.8) is 0 Å². The number of halogens is 1. The highest BCUT2D eigenvalue weighted by molar-refractivity contribution is 14.0. The zero-order valence-corrected chi connectivity index (χ0v) is 18.5. The van der Waals surface area contributed by atoms with E-state index in [4.69, 9.17) is 0 Å². The maximum atomic E-state index is 12.1. The number of nitrogens with one attached hydrogen (secondary N) is 3. The van der Waals surface area contributed by atoms with Crippen LogP contribution in [0.4, 0.5) is 0 Å². The fourth-order valence-electron chi connectivity index (χ4n) is 2.42. The minimum absolute atomic E-state index is 0. The Morgan fingerprint density at radius 1 is 1.40 bits per heavy atom. The van der Waals surface area contributed by atoms with Gasteiger partial charge in [-0.25, -0.2) is 13.1 Å². The van der Waals surface area contributed by atoms with E-state index in [9.17, 15) is 8.42 Å². The third-order valence-electron chi connectivity index (χ3n) is 3.81. The summed E-state index contributed by atoms with van der Waals surface area (Å²) in [6, 6.07) is 3.11. The van der Waals surface area contributed by atoms with Gasteiger partial charge in [-0.05, 0) is 37.7 Å². The second kappa shape index (κ2) is 10.5. The fraction of sp³-hybridized carbons (Fsp3) is 0.600. The Kier molecular flexibility index (Phi) is 9.46. The van der Waals surface area contributed by atoms with Crippen LogP contribution in [-0.2, 0) is 10.0 Å². The third kappa shape index (κ3) is 7.27. The van der Waals surface area contributed by atoms with Crippen molar-refractivity contribution < 1.29 is 8.42 Å². The van der Waals surface area contributed by atoms with Crippen LogP contribution in [0.3, 0.4) is 0 Å². The molecule has 0 saturated carbocycles. The number of aromatic nitrogens is 1. The van der Waals surface area contributed by atoms with Crippen molar-refractivity contribution in [2.24, 2.45) is 4.99 Å². The molecule has 1 saturated heterocycles. The van der Waals surface area contributed by atoms with E-state index < -0.39 is 10.0 Å². The number of rotatable bonds is 7. The second-order valence-corrected chi connectivity index (χ2v) is 9.29. The predicted molar refractivity (Wildman–Crippen MR) is 114 cm³/mol. The molecule has 1 atom stereocenters. The van der Waals surface area contributed by atoms with Crippen LogP contribution in [0.25, 0.3) is 0 Å². The molecule has 0 amide bonds. The number of hydrogen-bond donors (Lipinski definition) is 3. The second-order valence-electron chi connectivity index (χ2n) is 5.84. The highest BCUT2D eigenvalue weighted by atomic mass is 127. The maximum absolute atomic E-state index is 12.1. The largest absolute Gasteiger partial charge is 0.355 e. The van der Waals surface area contributed by atoms with Gasteiger partial charge in [0.15, 0.2) is 5.96 Å². The molecule has 1 aromatic heterocycles. The monoisotopic (exact) mass is 499 g/mol. The number of aliphatic imine (C=N–C) groups is 1. The molecule has 1 aromatic rings. The summed E-state index contributed by atoms with van der Waals surface area (Å²) in [6.45, 7) is 3.82. The molecule has 1 unspecified atom stereocenters. The third-order valence-corrected chi connectivity index (χ3v) is 6.79. The molecule has 2 rings (SSSR count). The lowest BCUT2D eigenvalue weighted by Gasteiger charge is -2.24. The first-order valence-electron chi connectivity index (χ1n) is 7.93. The van der Waals surface area contributed by atoms with Gasteiger partial charge in [-0.15, -0.1) is 24.0 Å². The summed E-state index contributed by atoms with van der Waals surface area (Å²) in [7, 11) is -1.81. The molecule has 0 aromatic carbocycles. The molecule has 0 spiro atoms. The molecule has 25 heavy (non-hydrogen) atoms. The zero-order valence-electron chi connectivity index (χ0n) is 14.5. The Labute approximate surface area is 171 Å². The molecule has 0 radical (unpaired) electrons. The van der Waals surface area contributed by atoms with Crippen LogP contribution < -0.4 is 15.4 Å². The van der Waals surface area contributed by atoms with Crippen molar-refractivity contribution in [1.29, 1.82) is 0 Å². The minimum atomic E-state index is -3.52. The van der Waals surface area contributed by atoms with E-state index in [2.05, 4.69) is 32.3 Å². The van der Waals surface area contributed by atoms with Crippen molar-refractivity contribution in [2.75, 3.05) is 32.4 Å². The quantitative estimate of drug-likeness (QED) is 0.228. The molecular formula is C15H26IN5O2S2. The summed E-state index contributed by atoms with van der Waals surface area (Å²) in [5.41, 5.74) is 0. The van der Waals surface area contributed by atoms with Gasteiger partial charge in [0.05, 0.1) is 0 Å². The van der Waals surface area contributed by atoms with E-state index in [1.807, 2.05) is 11.8 Å². The molecule has 10 heteroatoms. The van der Waals surface area contributed by atoms with Crippen molar-refractivity contribution in [3.05, 3.63) is 24.5 Å². The lowest BCUT2D eigenvalue weighted by molar-refractivity contribution is 0.576. The smallest absolute Gasteiger partial charge is 0.242 e. The van der Waals surface area contributed by atoms with Crippen LogP contribution in [0.1, 0.15) is 19.8 Å². The number of pyridine rings is 1. The summed E-state index contributed by atoms with van der Waals surface area (Å²) in [6.07, 6.45) is 5.33. The molecular weight excluding hydrogens is 473 g/mol. The van der Waals surface area contributed by atoms with Gasteiger partial charge in [0.25, 0.3) is 0 Å². The number of thioether (sulfide) groups is 1. The highest BCUT2D eigenvalue weighted by Gasteiger charge is 2.29. The Morgan fingerprint density at radius 3 is 2.80 bits per heavy atom. The molecule has 3 N–H and O–H groups in total. The highest BCUT2D eigenvalue weighted by Crippen LogP contribution is 2.36. The van der Waals surface area contributed by atoms with Crippen LogP contribution in [0.15, 0.2) is 34.4 Å². The first-order chi connectivity index (χ1) is 11.5. The van der Waals surface area contributed by atoms with Crippen molar-refractivity contribution in [1.82, 2.24) is 20.3 Å². The average molecular weight is 499 g/mol. The molecule has 1 aliphatic heterocycles. The molecule has 1 aliphatic rings. The molecule has 2 heterocycles. The SMILES string of the molecule is CN=C(NCCNS(=O)(=O)c1cccnc1)NCC1(C)CCCS1.I. The normalized spacial score (nSPS) is 20.8. The van der Waals surface area contributed by atoms with Crippen molar-refractivity contribution >= 4 is 51.7 Å². The minimum Gasteiger partial charge on any atom is -0.355 e. The van der Waals surface area contributed by atoms with E-state index in [-0.39, 0.29) is 40.2 Å². The Hall–Kier alpha value is -0.590. The van der Waals surface area contributed by atoms with E-state index in [1.54, 1.807) is 19.3 Å². The van der Waals surface area contributed by atoms with Gasteiger partial charge in [-0.1, -0.05) is 0 Å². The fourth-order valence-corrected chi connectivity index (χ4v) is 4.66. The first-order valence-corrected chi connectivity index (χ1v) is 10.4. The van der Waals surface area contributed by atoms with Crippen LogP contribution in [0.2, 0.25) is 0 Å². The Bertz CT molecular complexity index is 649. The van der Waals surface area contributed by atoms with Gasteiger partial charge in [0, 0.05) is 43.8 Å². The van der Waals surface area contributed by atoms with E-state index in [1.165, 1.54) is 30.9 Å². The van der Waals surface area contributed by atoms with Gasteiger partial charge in [-0.3, -0.25) is 9.98 Å². The van der Waals surface area contributed by atoms with Crippen LogP contribution >= 0.6 is 35.7 Å². The predicted octanol–water partition coefficient (Wildman–Crippen LogP) is 1.43. The van der Waals surface area contributed by atoms with Gasteiger partial charge in [-0.2, -0.15) is 11.8 Å². The molecule has 1 fully saturated rings. The van der Waals surface area contributed by atoms with Gasteiger partial charge < -0.3 is 10.6 Å². The standard InChI is InChI=1S/C15H25N5O2S2.HI/c1-15(6-4-10-23-15)12-19-14(16-2)18-8-9-20-24(21,22)13-5-3-7-17-11-13;/h3,5,7,11,20H,4,6,8-10,12H2,1-2H3,(H2,16,18,19);1H. The van der Waals surface area contributed by atoms with Crippen molar-refractivity contribution in [3.8, 4) is 0 Å². The Balaban J connectivity index is 0.00000312. The number of sulfonamides is 1. The summed E-state index contributed by atoms with van der Waals surface area (Å²) in [5.74, 6) is 1.89. The van der Waals surface area contributed by atoms with Crippen molar-refractivity contribution in [2.45, 2.75) is 29.4 Å². The summed E-state index contributed by atoms with van der Waals surface area (Å²) >= 11 is 1.98. The van der Waals surface area contributed by atoms with Gasteiger partial charge in [0.1, 0.15) is 4.90 Å². The molecule has 0 aliphatic carbocycles. The summed E-state index contributed by atoms with van der Waals surface area (Å²) in [4.78, 5) is 8.16. The topological polar surface area (TPSA) is 95.5 Å². The average Bonchev–Trinajstić information content (AvgIpc) is 3.02. The van der Waals surface area contributed by atoms with Gasteiger partial charge >= 0.3 is 0 Å². The van der Waals surface area contributed by atoms with E-state index in [0.29, 0.717) is 12.5 Å². The zero-order chi connectivity index (χ0) is 17.5. The maximum Gasteiger partial charge on any atom is 0.242 e. The van der Waals surface area contributed by atoms with Crippen LogP contribution in [-0.4, -0.2) is 56.5 Å². The van der Waals surface area contributed by atoms with E-state index >= 15 is 0 Å². The number of nitrogens with zero attached hydrogens (tertiary/aromatic N) is 2. The summed E-state index contributed by atoms with van der Waals surface area (Å²) < 4.78 is 26.9. The molecule has 0 bridgehead atoms. The number of guanidine groups is 1. The van der Waals surface area contributed by atoms with E-state index in [0.717, 1.165) is 6.54 Å². The van der Waals surface area contributed by atoms with Crippen LogP contribution in [0, 0.1) is 0 Å². The lowest BCUT2D eigenvalue weighted by Crippen LogP contribution is -2.45. The van der Waals surface area contributed by atoms with Gasteiger partial charge in [0.2, 0.25) is 10.0 Å². The van der Waals surface area contributed by atoms with Crippen LogP contribution in [0.5, 0.6) is 0 Å². The number of hydrogen-bond acceptors (Lipinski definition) is 5.